The zero-order valence-corrected chi connectivity index (χ0v) is 9.82. The first-order chi connectivity index (χ1) is 7.16. The fourth-order valence-electron chi connectivity index (χ4n) is 2.00. The Labute approximate surface area is 91.7 Å². The summed E-state index contributed by atoms with van der Waals surface area (Å²) in [6.07, 6.45) is 1.98. The van der Waals surface area contributed by atoms with Crippen molar-refractivity contribution in [3.63, 3.8) is 0 Å². The Bertz CT molecular complexity index is 341. The molecular weight excluding hydrogens is 186 g/mol. The molecule has 0 amide bonds. The molecule has 0 unspecified atom stereocenters. The highest BCUT2D eigenvalue weighted by Gasteiger charge is 2.15. The molecule has 2 heterocycles. The summed E-state index contributed by atoms with van der Waals surface area (Å²) < 4.78 is 0. The average Bonchev–Trinajstić information content (AvgIpc) is 2.23. The molecule has 0 atom stereocenters. The zero-order valence-electron chi connectivity index (χ0n) is 9.82. The average molecular weight is 205 g/mol. The third-order valence-corrected chi connectivity index (χ3v) is 3.06. The minimum atomic E-state index is 1.11. The van der Waals surface area contributed by atoms with E-state index in [1.165, 1.54) is 11.3 Å². The summed E-state index contributed by atoms with van der Waals surface area (Å²) in [4.78, 5) is 9.15. The summed E-state index contributed by atoms with van der Waals surface area (Å²) in [6.45, 7) is 8.75. The number of anilines is 1. The molecule has 0 spiro atoms. The van der Waals surface area contributed by atoms with Crippen LogP contribution in [0, 0.1) is 13.8 Å². The van der Waals surface area contributed by atoms with E-state index in [2.05, 4.69) is 41.7 Å². The molecular formula is C12H19N3. The quantitative estimate of drug-likeness (QED) is 0.692. The fraction of sp³-hybridized carbons (Fsp3) is 0.583. The highest BCUT2D eigenvalue weighted by molar-refractivity contribution is 5.53. The van der Waals surface area contributed by atoms with Crippen molar-refractivity contribution in [2.75, 3.05) is 38.1 Å². The molecule has 1 fully saturated rings. The van der Waals surface area contributed by atoms with Crippen molar-refractivity contribution in [1.29, 1.82) is 0 Å². The number of hydrogen-bond acceptors (Lipinski definition) is 3. The first-order valence-electron chi connectivity index (χ1n) is 5.53. The van der Waals surface area contributed by atoms with Gasteiger partial charge in [0.05, 0.1) is 0 Å². The van der Waals surface area contributed by atoms with Crippen molar-refractivity contribution in [3.05, 3.63) is 23.5 Å². The number of aromatic nitrogens is 1. The predicted molar refractivity (Wildman–Crippen MR) is 63.4 cm³/mol. The molecule has 3 heteroatoms. The van der Waals surface area contributed by atoms with Gasteiger partial charge in [-0.1, -0.05) is 0 Å². The first kappa shape index (κ1) is 10.4. The summed E-state index contributed by atoms with van der Waals surface area (Å²) in [7, 11) is 2.18. The van der Waals surface area contributed by atoms with Crippen molar-refractivity contribution >= 4 is 5.69 Å². The van der Waals surface area contributed by atoms with Crippen LogP contribution < -0.4 is 4.90 Å². The van der Waals surface area contributed by atoms with Gasteiger partial charge in [0.2, 0.25) is 0 Å². The number of pyridine rings is 1. The van der Waals surface area contributed by atoms with Crippen LogP contribution in [0.15, 0.2) is 12.3 Å². The second kappa shape index (κ2) is 4.19. The highest BCUT2D eigenvalue weighted by Crippen LogP contribution is 2.20. The van der Waals surface area contributed by atoms with Crippen LogP contribution in [-0.2, 0) is 0 Å². The number of piperazine rings is 1. The summed E-state index contributed by atoms with van der Waals surface area (Å²) in [6, 6.07) is 2.20. The van der Waals surface area contributed by atoms with Crippen molar-refractivity contribution in [2.45, 2.75) is 13.8 Å². The Hall–Kier alpha value is -1.09. The summed E-state index contributed by atoms with van der Waals surface area (Å²) in [5.74, 6) is 0. The van der Waals surface area contributed by atoms with E-state index in [1.807, 2.05) is 6.20 Å². The van der Waals surface area contributed by atoms with Crippen molar-refractivity contribution in [1.82, 2.24) is 9.88 Å². The Morgan fingerprint density at radius 1 is 1.13 bits per heavy atom. The molecule has 0 bridgehead atoms. The molecule has 0 aliphatic carbocycles. The summed E-state index contributed by atoms with van der Waals surface area (Å²) >= 11 is 0. The molecule has 1 saturated heterocycles. The van der Waals surface area contributed by atoms with Crippen LogP contribution in [-0.4, -0.2) is 43.1 Å². The van der Waals surface area contributed by atoms with Gasteiger partial charge in [-0.25, -0.2) is 0 Å². The number of nitrogens with zero attached hydrogens (tertiary/aromatic N) is 3. The minimum Gasteiger partial charge on any atom is -0.369 e. The standard InChI is InChI=1S/C12H19N3/c1-10-9-13-11(2)8-12(10)15-6-4-14(3)5-7-15/h8-9H,4-7H2,1-3H3. The number of hydrogen-bond donors (Lipinski definition) is 0. The highest BCUT2D eigenvalue weighted by atomic mass is 15.2. The Balaban J connectivity index is 2.18. The normalized spacial score (nSPS) is 18.2. The monoisotopic (exact) mass is 205 g/mol. The lowest BCUT2D eigenvalue weighted by Gasteiger charge is -2.34. The van der Waals surface area contributed by atoms with Gasteiger partial charge in [0, 0.05) is 43.8 Å². The topological polar surface area (TPSA) is 19.4 Å². The van der Waals surface area contributed by atoms with E-state index in [1.54, 1.807) is 0 Å². The van der Waals surface area contributed by atoms with E-state index in [0.717, 1.165) is 31.9 Å². The molecule has 1 aromatic rings. The molecule has 1 aliphatic heterocycles. The van der Waals surface area contributed by atoms with Gasteiger partial charge in [-0.2, -0.15) is 0 Å². The SMILES string of the molecule is Cc1cc(N2CCN(C)CC2)c(C)cn1. The van der Waals surface area contributed by atoms with Gasteiger partial charge in [-0.15, -0.1) is 0 Å². The van der Waals surface area contributed by atoms with Gasteiger partial charge >= 0.3 is 0 Å². The maximum absolute atomic E-state index is 4.31. The van der Waals surface area contributed by atoms with E-state index in [-0.39, 0.29) is 0 Å². The molecule has 0 N–H and O–H groups in total. The van der Waals surface area contributed by atoms with Gasteiger partial charge in [0.15, 0.2) is 0 Å². The van der Waals surface area contributed by atoms with Crippen molar-refractivity contribution in [3.8, 4) is 0 Å². The van der Waals surface area contributed by atoms with E-state index in [4.69, 9.17) is 0 Å². The van der Waals surface area contributed by atoms with E-state index >= 15 is 0 Å². The second-order valence-corrected chi connectivity index (χ2v) is 4.40. The lowest BCUT2D eigenvalue weighted by Crippen LogP contribution is -2.44. The van der Waals surface area contributed by atoms with Gasteiger partial charge in [-0.05, 0) is 32.5 Å². The predicted octanol–water partition coefficient (Wildman–Crippen LogP) is 1.45. The van der Waals surface area contributed by atoms with Crippen LogP contribution >= 0.6 is 0 Å². The number of likely N-dealkylation sites (N-methyl/N-ethyl adjacent to an activating group) is 1. The van der Waals surface area contributed by atoms with Gasteiger partial charge in [0.1, 0.15) is 0 Å². The van der Waals surface area contributed by atoms with Crippen LogP contribution in [0.25, 0.3) is 0 Å². The Morgan fingerprint density at radius 3 is 2.47 bits per heavy atom. The lowest BCUT2D eigenvalue weighted by atomic mass is 10.2. The van der Waals surface area contributed by atoms with Crippen LogP contribution in [0.4, 0.5) is 5.69 Å². The second-order valence-electron chi connectivity index (χ2n) is 4.40. The molecule has 3 nitrogen and oxygen atoms in total. The molecule has 15 heavy (non-hydrogen) atoms. The van der Waals surface area contributed by atoms with Crippen molar-refractivity contribution in [2.24, 2.45) is 0 Å². The number of aryl methyl sites for hydroxylation is 2. The fourth-order valence-corrected chi connectivity index (χ4v) is 2.00. The van der Waals surface area contributed by atoms with Gasteiger partial charge < -0.3 is 9.80 Å². The van der Waals surface area contributed by atoms with E-state index in [0.29, 0.717) is 0 Å². The molecule has 1 aliphatic rings. The van der Waals surface area contributed by atoms with Crippen LogP contribution in [0.1, 0.15) is 11.3 Å². The first-order valence-corrected chi connectivity index (χ1v) is 5.53. The smallest absolute Gasteiger partial charge is 0.0430 e. The summed E-state index contributed by atoms with van der Waals surface area (Å²) in [5.41, 5.74) is 3.75. The number of rotatable bonds is 1. The zero-order chi connectivity index (χ0) is 10.8. The molecule has 0 radical (unpaired) electrons. The maximum Gasteiger partial charge on any atom is 0.0430 e. The van der Waals surface area contributed by atoms with Crippen LogP contribution in [0.2, 0.25) is 0 Å². The molecule has 0 saturated carbocycles. The Kier molecular flexibility index (Phi) is 2.91. The lowest BCUT2D eigenvalue weighted by molar-refractivity contribution is 0.312. The largest absolute Gasteiger partial charge is 0.369 e. The van der Waals surface area contributed by atoms with E-state index < -0.39 is 0 Å². The minimum absolute atomic E-state index is 1.11. The molecule has 82 valence electrons. The summed E-state index contributed by atoms with van der Waals surface area (Å²) in [5, 5.41) is 0. The van der Waals surface area contributed by atoms with Gasteiger partial charge in [0.25, 0.3) is 0 Å². The molecule has 1 aromatic heterocycles. The van der Waals surface area contributed by atoms with Gasteiger partial charge in [-0.3, -0.25) is 4.98 Å². The molecule has 0 aromatic carbocycles. The van der Waals surface area contributed by atoms with Crippen LogP contribution in [0.5, 0.6) is 0 Å². The molecule has 2 rings (SSSR count). The third kappa shape index (κ3) is 2.29. The Morgan fingerprint density at radius 2 is 1.80 bits per heavy atom. The van der Waals surface area contributed by atoms with Crippen LogP contribution in [0.3, 0.4) is 0 Å². The van der Waals surface area contributed by atoms with Crippen molar-refractivity contribution < 1.29 is 0 Å². The van der Waals surface area contributed by atoms with E-state index in [9.17, 15) is 0 Å². The maximum atomic E-state index is 4.31. The third-order valence-electron chi connectivity index (χ3n) is 3.06.